The molecule has 0 atom stereocenters. The maximum atomic E-state index is 9.51. The number of aryl methyl sites for hydroxylation is 3. The number of aromatic nitrogens is 3. The van der Waals surface area contributed by atoms with Crippen molar-refractivity contribution in [2.75, 3.05) is 0 Å². The minimum absolute atomic E-state index is 0.160. The summed E-state index contributed by atoms with van der Waals surface area (Å²) >= 11 is 0. The maximum Gasteiger partial charge on any atom is 0.374 e. The Balaban J connectivity index is 2.73. The van der Waals surface area contributed by atoms with Gasteiger partial charge in [0.25, 0.3) is 0 Å². The average molecular weight is 282 g/mol. The Bertz CT molecular complexity index is 765. The summed E-state index contributed by atoms with van der Waals surface area (Å²) in [5.41, 5.74) is 3.02. The van der Waals surface area contributed by atoms with Crippen molar-refractivity contribution in [2.24, 2.45) is 7.05 Å². The molecular formula is C14H15BN4O2. The Kier molecular flexibility index (Phi) is 3.89. The molecule has 106 valence electrons. The molecule has 0 fully saturated rings. The van der Waals surface area contributed by atoms with E-state index in [1.807, 2.05) is 20.9 Å². The van der Waals surface area contributed by atoms with Gasteiger partial charge in [0.1, 0.15) is 34.5 Å². The van der Waals surface area contributed by atoms with Crippen LogP contribution in [-0.2, 0) is 11.7 Å². The smallest absolute Gasteiger partial charge is 0.374 e. The first-order chi connectivity index (χ1) is 9.90. The Labute approximate surface area is 124 Å². The van der Waals surface area contributed by atoms with E-state index in [2.05, 4.69) is 16.2 Å². The van der Waals surface area contributed by atoms with Crippen LogP contribution in [0.3, 0.4) is 0 Å². The van der Waals surface area contributed by atoms with Crippen LogP contribution in [0.15, 0.2) is 4.42 Å². The van der Waals surface area contributed by atoms with Crippen molar-refractivity contribution >= 4 is 19.4 Å². The van der Waals surface area contributed by atoms with E-state index in [9.17, 15) is 5.26 Å². The van der Waals surface area contributed by atoms with E-state index in [1.54, 1.807) is 18.5 Å². The molecule has 0 aliphatic carbocycles. The predicted octanol–water partition coefficient (Wildman–Crippen LogP) is 2.13. The van der Waals surface area contributed by atoms with Gasteiger partial charge in [-0.05, 0) is 26.3 Å². The molecule has 2 aromatic heterocycles. The number of nitrogens with zero attached hydrogens (tertiary/aromatic N) is 4. The number of hydrogen-bond acceptors (Lipinski definition) is 5. The lowest BCUT2D eigenvalue weighted by atomic mass is 10.1. The fraction of sp³-hybridized carbons (Fsp3) is 0.357. The molecule has 0 aromatic carbocycles. The van der Waals surface area contributed by atoms with Gasteiger partial charge < -0.3 is 9.07 Å². The average Bonchev–Trinajstić information content (AvgIpc) is 2.90. The number of nitriles is 1. The van der Waals surface area contributed by atoms with Crippen molar-refractivity contribution in [1.29, 1.82) is 5.26 Å². The molecule has 2 heterocycles. The van der Waals surface area contributed by atoms with Crippen molar-refractivity contribution in [3.63, 3.8) is 0 Å². The summed E-state index contributed by atoms with van der Waals surface area (Å²) < 4.78 is 12.0. The molecule has 2 rings (SSSR count). The lowest BCUT2D eigenvalue weighted by Crippen LogP contribution is -1.99. The zero-order valence-corrected chi connectivity index (χ0v) is 12.7. The monoisotopic (exact) mass is 282 g/mol. The third kappa shape index (κ3) is 2.45. The van der Waals surface area contributed by atoms with E-state index >= 15 is 0 Å². The zero-order valence-electron chi connectivity index (χ0n) is 12.7. The SMILES string of the molecule is [B]OC(=C(C#N)c1nn(C)c(C)c1C)c1nc(C)oc1C. The highest BCUT2D eigenvalue weighted by atomic mass is 16.4. The van der Waals surface area contributed by atoms with Crippen molar-refractivity contribution in [2.45, 2.75) is 27.7 Å². The van der Waals surface area contributed by atoms with Crippen molar-refractivity contribution in [3.05, 3.63) is 34.3 Å². The van der Waals surface area contributed by atoms with E-state index in [0.717, 1.165) is 11.3 Å². The normalized spacial score (nSPS) is 12.0. The topological polar surface area (TPSA) is 76.9 Å². The predicted molar refractivity (Wildman–Crippen MR) is 77.9 cm³/mol. The highest BCUT2D eigenvalue weighted by molar-refractivity contribution is 6.06. The summed E-state index contributed by atoms with van der Waals surface area (Å²) in [4.78, 5) is 4.22. The molecular weight excluding hydrogens is 267 g/mol. The number of hydrogen-bond donors (Lipinski definition) is 0. The molecule has 0 N–H and O–H groups in total. The van der Waals surface area contributed by atoms with Gasteiger partial charge in [0, 0.05) is 19.7 Å². The van der Waals surface area contributed by atoms with Gasteiger partial charge in [0.15, 0.2) is 5.89 Å². The largest absolute Gasteiger partial charge is 0.565 e. The van der Waals surface area contributed by atoms with Crippen molar-refractivity contribution < 1.29 is 9.07 Å². The number of rotatable bonds is 3. The second-order valence-electron chi connectivity index (χ2n) is 4.75. The molecule has 2 aromatic rings. The molecule has 0 aliphatic rings. The van der Waals surface area contributed by atoms with Gasteiger partial charge in [-0.3, -0.25) is 4.68 Å². The van der Waals surface area contributed by atoms with Gasteiger partial charge >= 0.3 is 8.05 Å². The lowest BCUT2D eigenvalue weighted by molar-refractivity contribution is 0.492. The molecule has 0 spiro atoms. The Hall–Kier alpha value is -2.49. The summed E-state index contributed by atoms with van der Waals surface area (Å²) in [5, 5.41) is 13.9. The zero-order chi connectivity index (χ0) is 15.7. The second-order valence-corrected chi connectivity index (χ2v) is 4.75. The van der Waals surface area contributed by atoms with E-state index in [1.165, 1.54) is 0 Å². The van der Waals surface area contributed by atoms with Gasteiger partial charge in [0.05, 0.1) is 0 Å². The van der Waals surface area contributed by atoms with Crippen LogP contribution in [0, 0.1) is 39.0 Å². The molecule has 0 amide bonds. The minimum Gasteiger partial charge on any atom is -0.565 e. The van der Waals surface area contributed by atoms with Crippen LogP contribution in [0.1, 0.15) is 34.3 Å². The molecule has 0 bridgehead atoms. The quantitative estimate of drug-likeness (QED) is 0.489. The molecule has 7 heteroatoms. The summed E-state index contributed by atoms with van der Waals surface area (Å²) in [6.45, 7) is 7.27. The summed E-state index contributed by atoms with van der Waals surface area (Å²) in [7, 11) is 7.18. The van der Waals surface area contributed by atoms with Crippen LogP contribution in [0.4, 0.5) is 0 Å². The van der Waals surface area contributed by atoms with Gasteiger partial charge in [-0.2, -0.15) is 10.4 Å². The molecule has 6 nitrogen and oxygen atoms in total. The van der Waals surface area contributed by atoms with Gasteiger partial charge in [-0.15, -0.1) is 0 Å². The standard InChI is InChI=1S/C14H15BN4O2/c1-7-8(2)19(5)18-12(7)11(6-16)14(21-15)13-9(3)20-10(4)17-13/h1-5H3. The molecule has 21 heavy (non-hydrogen) atoms. The third-order valence-electron chi connectivity index (χ3n) is 3.45. The molecule has 0 saturated heterocycles. The van der Waals surface area contributed by atoms with Crippen LogP contribution in [0.5, 0.6) is 0 Å². The van der Waals surface area contributed by atoms with Gasteiger partial charge in [-0.1, -0.05) is 0 Å². The van der Waals surface area contributed by atoms with Crippen LogP contribution >= 0.6 is 0 Å². The Morgan fingerprint density at radius 2 is 1.95 bits per heavy atom. The van der Waals surface area contributed by atoms with Crippen LogP contribution in [0.25, 0.3) is 11.3 Å². The molecule has 0 unspecified atom stereocenters. The minimum atomic E-state index is 0.160. The van der Waals surface area contributed by atoms with Gasteiger partial charge in [-0.25, -0.2) is 4.98 Å². The summed E-state index contributed by atoms with van der Waals surface area (Å²) in [5.74, 6) is 1.17. The van der Waals surface area contributed by atoms with Crippen LogP contribution < -0.4 is 0 Å². The highest BCUT2D eigenvalue weighted by Crippen LogP contribution is 2.30. The van der Waals surface area contributed by atoms with E-state index < -0.39 is 0 Å². The molecule has 2 radical (unpaired) electrons. The van der Waals surface area contributed by atoms with E-state index in [4.69, 9.17) is 17.1 Å². The number of oxazole rings is 1. The first-order valence-electron chi connectivity index (χ1n) is 6.36. The Morgan fingerprint density at radius 3 is 2.33 bits per heavy atom. The van der Waals surface area contributed by atoms with Crippen LogP contribution in [0.2, 0.25) is 0 Å². The maximum absolute atomic E-state index is 9.51. The second kappa shape index (κ2) is 5.48. The fourth-order valence-corrected chi connectivity index (χ4v) is 2.14. The first kappa shape index (κ1) is 14.9. The number of allylic oxidation sites excluding steroid dienone is 1. The first-order valence-corrected chi connectivity index (χ1v) is 6.36. The fourth-order valence-electron chi connectivity index (χ4n) is 2.14. The molecule has 0 aliphatic heterocycles. The van der Waals surface area contributed by atoms with Gasteiger partial charge in [0.2, 0.25) is 0 Å². The van der Waals surface area contributed by atoms with Crippen LogP contribution in [-0.4, -0.2) is 22.8 Å². The third-order valence-corrected chi connectivity index (χ3v) is 3.45. The Morgan fingerprint density at radius 1 is 1.29 bits per heavy atom. The van der Waals surface area contributed by atoms with E-state index in [0.29, 0.717) is 23.0 Å². The summed E-state index contributed by atoms with van der Waals surface area (Å²) in [6.07, 6.45) is 0. The van der Waals surface area contributed by atoms with Crippen molar-refractivity contribution in [3.8, 4) is 6.07 Å². The summed E-state index contributed by atoms with van der Waals surface area (Å²) in [6, 6.07) is 2.10. The molecule has 0 saturated carbocycles. The lowest BCUT2D eigenvalue weighted by Gasteiger charge is -2.07. The highest BCUT2D eigenvalue weighted by Gasteiger charge is 2.22. The van der Waals surface area contributed by atoms with Crippen molar-refractivity contribution in [1.82, 2.24) is 14.8 Å². The van der Waals surface area contributed by atoms with E-state index in [-0.39, 0.29) is 11.3 Å².